The van der Waals surface area contributed by atoms with Gasteiger partial charge in [0.05, 0.1) is 29.9 Å². The standard InChI is InChI=1S/C15H18N2O2/c1-14(2)8-15(14,13(18)19-4)10-5-6-12-11(7-10)16-9-17(12)3/h5-7,9H,8H2,1-4H3. The fourth-order valence-electron chi connectivity index (χ4n) is 3.15. The van der Waals surface area contributed by atoms with Gasteiger partial charge in [-0.3, -0.25) is 4.79 Å². The molecule has 0 saturated heterocycles. The molecule has 0 aliphatic heterocycles. The number of nitrogens with zero attached hydrogens (tertiary/aromatic N) is 2. The molecule has 4 nitrogen and oxygen atoms in total. The lowest BCUT2D eigenvalue weighted by molar-refractivity contribution is -0.144. The van der Waals surface area contributed by atoms with E-state index < -0.39 is 5.41 Å². The number of methoxy groups -OCH3 is 1. The maximum Gasteiger partial charge on any atom is 0.316 e. The number of hydrogen-bond acceptors (Lipinski definition) is 3. The van der Waals surface area contributed by atoms with E-state index in [0.29, 0.717) is 0 Å². The minimum atomic E-state index is -0.506. The summed E-state index contributed by atoms with van der Waals surface area (Å²) < 4.78 is 6.99. The van der Waals surface area contributed by atoms with Crippen molar-refractivity contribution >= 4 is 17.0 Å². The number of carbonyl (C=O) groups is 1. The number of esters is 1. The van der Waals surface area contributed by atoms with Crippen molar-refractivity contribution < 1.29 is 9.53 Å². The Bertz CT molecular complexity index is 672. The molecule has 19 heavy (non-hydrogen) atoms. The number of benzene rings is 1. The van der Waals surface area contributed by atoms with Crippen LogP contribution in [0.1, 0.15) is 25.8 Å². The maximum absolute atomic E-state index is 12.2. The first-order valence-electron chi connectivity index (χ1n) is 6.42. The minimum Gasteiger partial charge on any atom is -0.468 e. The van der Waals surface area contributed by atoms with Crippen molar-refractivity contribution in [3.05, 3.63) is 30.1 Å². The van der Waals surface area contributed by atoms with Gasteiger partial charge in [-0.05, 0) is 29.5 Å². The molecule has 0 N–H and O–H groups in total. The van der Waals surface area contributed by atoms with Crippen LogP contribution in [-0.4, -0.2) is 22.6 Å². The molecule has 1 unspecified atom stereocenters. The lowest BCUT2D eigenvalue weighted by atomic mass is 9.87. The lowest BCUT2D eigenvalue weighted by Crippen LogP contribution is -2.27. The Hall–Kier alpha value is -1.84. The SMILES string of the molecule is COC(=O)C1(c2ccc3c(c2)ncn3C)CC1(C)C. The Kier molecular flexibility index (Phi) is 2.31. The van der Waals surface area contributed by atoms with Gasteiger partial charge >= 0.3 is 5.97 Å². The Morgan fingerprint density at radius 3 is 2.68 bits per heavy atom. The third-order valence-electron chi connectivity index (χ3n) is 4.49. The maximum atomic E-state index is 12.2. The van der Waals surface area contributed by atoms with Crippen molar-refractivity contribution in [1.82, 2.24) is 9.55 Å². The third-order valence-corrected chi connectivity index (χ3v) is 4.49. The summed E-state index contributed by atoms with van der Waals surface area (Å²) in [5.74, 6) is -0.146. The van der Waals surface area contributed by atoms with E-state index in [2.05, 4.69) is 18.8 Å². The van der Waals surface area contributed by atoms with Gasteiger partial charge in [-0.25, -0.2) is 4.98 Å². The highest BCUT2D eigenvalue weighted by Gasteiger charge is 2.68. The molecular formula is C15H18N2O2. The molecule has 1 aromatic heterocycles. The van der Waals surface area contributed by atoms with E-state index in [1.807, 2.05) is 29.8 Å². The number of carbonyl (C=O) groups excluding carboxylic acids is 1. The number of rotatable bonds is 2. The average molecular weight is 258 g/mol. The van der Waals surface area contributed by atoms with Crippen molar-refractivity contribution in [3.8, 4) is 0 Å². The van der Waals surface area contributed by atoms with Crippen molar-refractivity contribution in [2.24, 2.45) is 12.5 Å². The summed E-state index contributed by atoms with van der Waals surface area (Å²) in [6, 6.07) is 6.06. The molecule has 1 aromatic carbocycles. The highest BCUT2D eigenvalue weighted by atomic mass is 16.5. The Morgan fingerprint density at radius 2 is 2.11 bits per heavy atom. The number of hydrogen-bond donors (Lipinski definition) is 0. The van der Waals surface area contributed by atoms with E-state index in [1.165, 1.54) is 7.11 Å². The largest absolute Gasteiger partial charge is 0.468 e. The average Bonchev–Trinajstić information content (AvgIpc) is 2.79. The number of ether oxygens (including phenoxy) is 1. The van der Waals surface area contributed by atoms with Crippen LogP contribution in [0, 0.1) is 5.41 Å². The highest BCUT2D eigenvalue weighted by Crippen LogP contribution is 2.65. The predicted molar refractivity (Wildman–Crippen MR) is 72.8 cm³/mol. The fourth-order valence-corrected chi connectivity index (χ4v) is 3.15. The predicted octanol–water partition coefficient (Wildman–Crippen LogP) is 2.41. The van der Waals surface area contributed by atoms with Crippen LogP contribution in [0.5, 0.6) is 0 Å². The summed E-state index contributed by atoms with van der Waals surface area (Å²) in [5, 5.41) is 0. The zero-order chi connectivity index (χ0) is 13.8. The number of aromatic nitrogens is 2. The summed E-state index contributed by atoms with van der Waals surface area (Å²) in [4.78, 5) is 16.6. The Morgan fingerprint density at radius 1 is 1.42 bits per heavy atom. The molecule has 0 bridgehead atoms. The first-order valence-corrected chi connectivity index (χ1v) is 6.42. The van der Waals surface area contributed by atoms with Crippen LogP contribution in [0.4, 0.5) is 0 Å². The quantitative estimate of drug-likeness (QED) is 0.777. The van der Waals surface area contributed by atoms with Gasteiger partial charge in [-0.15, -0.1) is 0 Å². The molecule has 1 aliphatic rings. The van der Waals surface area contributed by atoms with E-state index in [1.54, 1.807) is 6.33 Å². The highest BCUT2D eigenvalue weighted by molar-refractivity contribution is 5.90. The fraction of sp³-hybridized carbons (Fsp3) is 0.467. The van der Waals surface area contributed by atoms with Gasteiger partial charge in [0.15, 0.2) is 0 Å². The van der Waals surface area contributed by atoms with E-state index in [4.69, 9.17) is 4.74 Å². The van der Waals surface area contributed by atoms with Crippen molar-refractivity contribution in [2.75, 3.05) is 7.11 Å². The van der Waals surface area contributed by atoms with Gasteiger partial charge in [0.2, 0.25) is 0 Å². The summed E-state index contributed by atoms with van der Waals surface area (Å²) in [7, 11) is 3.42. The molecule has 4 heteroatoms. The first-order chi connectivity index (χ1) is 8.92. The van der Waals surface area contributed by atoms with Crippen LogP contribution in [-0.2, 0) is 22.0 Å². The van der Waals surface area contributed by atoms with Crippen LogP contribution in [0.2, 0.25) is 0 Å². The summed E-state index contributed by atoms with van der Waals surface area (Å²) >= 11 is 0. The molecule has 0 amide bonds. The molecule has 1 atom stereocenters. The van der Waals surface area contributed by atoms with Crippen LogP contribution >= 0.6 is 0 Å². The second-order valence-corrected chi connectivity index (χ2v) is 6.02. The zero-order valence-electron chi connectivity index (χ0n) is 11.7. The smallest absolute Gasteiger partial charge is 0.316 e. The Balaban J connectivity index is 2.15. The van der Waals surface area contributed by atoms with E-state index in [-0.39, 0.29) is 11.4 Å². The molecule has 1 heterocycles. The van der Waals surface area contributed by atoms with Crippen LogP contribution < -0.4 is 0 Å². The van der Waals surface area contributed by atoms with Crippen LogP contribution in [0.3, 0.4) is 0 Å². The molecule has 1 saturated carbocycles. The molecular weight excluding hydrogens is 240 g/mol. The molecule has 0 radical (unpaired) electrons. The van der Waals surface area contributed by atoms with Gasteiger partial charge in [0.25, 0.3) is 0 Å². The van der Waals surface area contributed by atoms with E-state index in [9.17, 15) is 4.79 Å². The summed E-state index contributed by atoms with van der Waals surface area (Å²) in [6.45, 7) is 4.21. The molecule has 100 valence electrons. The lowest BCUT2D eigenvalue weighted by Gasteiger charge is -2.18. The number of imidazole rings is 1. The first kappa shape index (κ1) is 12.2. The van der Waals surface area contributed by atoms with Gasteiger partial charge in [0.1, 0.15) is 0 Å². The van der Waals surface area contributed by atoms with Gasteiger partial charge in [-0.2, -0.15) is 0 Å². The van der Waals surface area contributed by atoms with Gasteiger partial charge in [-0.1, -0.05) is 19.9 Å². The van der Waals surface area contributed by atoms with Crippen molar-refractivity contribution in [3.63, 3.8) is 0 Å². The third kappa shape index (κ3) is 1.46. The number of aryl methyl sites for hydroxylation is 1. The monoisotopic (exact) mass is 258 g/mol. The van der Waals surface area contributed by atoms with Crippen LogP contribution in [0.25, 0.3) is 11.0 Å². The molecule has 1 fully saturated rings. The molecule has 0 spiro atoms. The molecule has 3 rings (SSSR count). The number of fused-ring (bicyclic) bond motifs is 1. The second-order valence-electron chi connectivity index (χ2n) is 6.02. The molecule has 2 aromatic rings. The topological polar surface area (TPSA) is 44.1 Å². The van der Waals surface area contributed by atoms with E-state index >= 15 is 0 Å². The summed E-state index contributed by atoms with van der Waals surface area (Å²) in [5.41, 5.74) is 2.44. The van der Waals surface area contributed by atoms with Crippen molar-refractivity contribution in [2.45, 2.75) is 25.7 Å². The normalized spacial score (nSPS) is 24.4. The zero-order valence-corrected chi connectivity index (χ0v) is 11.7. The minimum absolute atomic E-state index is 0.0530. The second kappa shape index (κ2) is 3.59. The van der Waals surface area contributed by atoms with Gasteiger partial charge in [0, 0.05) is 7.05 Å². The van der Waals surface area contributed by atoms with Crippen molar-refractivity contribution in [1.29, 1.82) is 0 Å². The van der Waals surface area contributed by atoms with Gasteiger partial charge < -0.3 is 9.30 Å². The van der Waals surface area contributed by atoms with Crippen LogP contribution in [0.15, 0.2) is 24.5 Å². The van der Waals surface area contributed by atoms with E-state index in [0.717, 1.165) is 23.0 Å². The Labute approximate surface area is 112 Å². The molecule has 1 aliphatic carbocycles. The summed E-state index contributed by atoms with van der Waals surface area (Å²) in [6.07, 6.45) is 2.61.